The van der Waals surface area contributed by atoms with Crippen LogP contribution in [0.4, 0.5) is 0 Å². The van der Waals surface area contributed by atoms with E-state index in [2.05, 4.69) is 4.98 Å². The topological polar surface area (TPSA) is 26.0 Å². The van der Waals surface area contributed by atoms with Crippen molar-refractivity contribution >= 4 is 11.1 Å². The van der Waals surface area contributed by atoms with Gasteiger partial charge in [-0.2, -0.15) is 0 Å². The summed E-state index contributed by atoms with van der Waals surface area (Å²) >= 11 is 0. The van der Waals surface area contributed by atoms with E-state index in [1.165, 1.54) is 0 Å². The molecule has 0 saturated heterocycles. The van der Waals surface area contributed by atoms with Crippen molar-refractivity contribution in [1.29, 1.82) is 0 Å². The van der Waals surface area contributed by atoms with E-state index in [1.807, 2.05) is 13.8 Å². The fourth-order valence-electron chi connectivity index (χ4n) is 0.932. The molecule has 0 atom stereocenters. The summed E-state index contributed by atoms with van der Waals surface area (Å²) in [7, 11) is 0. The van der Waals surface area contributed by atoms with Gasteiger partial charge in [0.15, 0.2) is 11.5 Å². The van der Waals surface area contributed by atoms with Crippen LogP contribution in [0.25, 0.3) is 11.1 Å². The molecule has 0 N–H and O–H groups in total. The first-order valence-corrected chi connectivity index (χ1v) is 3.80. The molecule has 2 rings (SSSR count). The molecule has 2 heteroatoms. The van der Waals surface area contributed by atoms with E-state index in [4.69, 9.17) is 9.90 Å². The minimum Gasteiger partial charge on any atom is -0.440 e. The van der Waals surface area contributed by atoms with Crippen molar-refractivity contribution in [1.82, 2.24) is 4.98 Å². The number of hydrogen-bond acceptors (Lipinski definition) is 2. The molecule has 12 heavy (non-hydrogen) atoms. The molecule has 0 unspecified atom stereocenters. The van der Waals surface area contributed by atoms with E-state index in [-0.39, 0.29) is 41.2 Å². The Bertz CT molecular complexity index is 517. The van der Waals surface area contributed by atoms with Crippen LogP contribution in [0, 0.1) is 0 Å². The summed E-state index contributed by atoms with van der Waals surface area (Å²) in [4.78, 5) is 4.10. The van der Waals surface area contributed by atoms with Crippen LogP contribution in [-0.2, 0) is 0 Å². The van der Waals surface area contributed by atoms with Crippen LogP contribution >= 0.6 is 0 Å². The highest BCUT2D eigenvalue weighted by Gasteiger charge is 2.07. The van der Waals surface area contributed by atoms with Gasteiger partial charge in [-0.05, 0) is 12.1 Å². The molecule has 62 valence electrons. The second-order valence-electron chi connectivity index (χ2n) is 2.88. The summed E-state index contributed by atoms with van der Waals surface area (Å²) in [6.45, 7) is 3.78. The first-order valence-electron chi connectivity index (χ1n) is 5.80. The first-order chi connectivity index (χ1) is 7.43. The van der Waals surface area contributed by atoms with Crippen molar-refractivity contribution in [3.63, 3.8) is 0 Å². The highest BCUT2D eigenvalue weighted by molar-refractivity contribution is 5.72. The van der Waals surface area contributed by atoms with Crippen molar-refractivity contribution in [2.24, 2.45) is 0 Å². The van der Waals surface area contributed by atoms with Gasteiger partial charge >= 0.3 is 0 Å². The van der Waals surface area contributed by atoms with Crippen molar-refractivity contribution in [3.05, 3.63) is 30.1 Å². The Hall–Kier alpha value is -1.31. The lowest BCUT2D eigenvalue weighted by molar-refractivity contribution is 0.501. The molecule has 2 nitrogen and oxygen atoms in total. The minimum atomic E-state index is -0.288. The summed E-state index contributed by atoms with van der Waals surface area (Å²) in [5.41, 5.74) is 0.337. The van der Waals surface area contributed by atoms with E-state index < -0.39 is 0 Å². The lowest BCUT2D eigenvalue weighted by atomic mass is 10.2. The monoisotopic (exact) mass is 165 g/mol. The molecular weight excluding hydrogens is 150 g/mol. The van der Waals surface area contributed by atoms with Crippen molar-refractivity contribution in [2.45, 2.75) is 19.8 Å². The predicted molar refractivity (Wildman–Crippen MR) is 48.1 cm³/mol. The third-order valence-electron chi connectivity index (χ3n) is 1.56. The highest BCUT2D eigenvalue weighted by atomic mass is 16.3. The maximum atomic E-state index is 7.67. The summed E-state index contributed by atoms with van der Waals surface area (Å²) in [6.07, 6.45) is 0. The Labute approximate surface area is 76.8 Å². The smallest absolute Gasteiger partial charge is 0.198 e. The van der Waals surface area contributed by atoms with Gasteiger partial charge in [0.25, 0.3) is 0 Å². The molecule has 2 aromatic rings. The van der Waals surface area contributed by atoms with Gasteiger partial charge in [-0.15, -0.1) is 0 Å². The van der Waals surface area contributed by atoms with E-state index in [0.29, 0.717) is 5.89 Å². The lowest BCUT2D eigenvalue weighted by Crippen LogP contribution is -1.84. The molecular formula is C10H11NO. The number of para-hydroxylation sites is 2. The minimum absolute atomic E-state index is 0.0505. The average Bonchev–Trinajstić information content (AvgIpc) is 2.68. The molecule has 0 amide bonds. The molecule has 1 aromatic heterocycles. The molecule has 0 bridgehead atoms. The normalized spacial score (nSPS) is 15.9. The quantitative estimate of drug-likeness (QED) is 0.649. The van der Waals surface area contributed by atoms with Gasteiger partial charge in [-0.25, -0.2) is 4.98 Å². The molecule has 0 saturated carbocycles. The largest absolute Gasteiger partial charge is 0.440 e. The average molecular weight is 165 g/mol. The zero-order chi connectivity index (χ0) is 12.0. The Balaban J connectivity index is 2.86. The van der Waals surface area contributed by atoms with E-state index in [1.54, 1.807) is 0 Å². The zero-order valence-corrected chi connectivity index (χ0v) is 6.93. The number of aromatic nitrogens is 1. The van der Waals surface area contributed by atoms with Crippen LogP contribution < -0.4 is 0 Å². The van der Waals surface area contributed by atoms with Gasteiger partial charge in [0.1, 0.15) is 5.52 Å². The number of nitrogens with zero attached hydrogens (tertiary/aromatic N) is 1. The van der Waals surface area contributed by atoms with Gasteiger partial charge in [0.2, 0.25) is 0 Å². The number of benzene rings is 1. The summed E-state index contributed by atoms with van der Waals surface area (Å²) in [6, 6.07) is -0.882. The molecule has 0 aliphatic heterocycles. The standard InChI is InChI=1S/C10H11NO/c1-7(2)10-11-8-5-3-4-6-9(8)12-10/h3-7H,1-2H3/i3D,4D,5D,6D. The summed E-state index contributed by atoms with van der Waals surface area (Å²) in [5.74, 6) is 0.483. The van der Waals surface area contributed by atoms with Gasteiger partial charge in [0, 0.05) is 5.92 Å². The Kier molecular flexibility index (Phi) is 0.893. The van der Waals surface area contributed by atoms with E-state index in [9.17, 15) is 0 Å². The third-order valence-corrected chi connectivity index (χ3v) is 1.56. The van der Waals surface area contributed by atoms with Gasteiger partial charge in [-0.3, -0.25) is 0 Å². The Morgan fingerprint density at radius 2 is 2.17 bits per heavy atom. The fourth-order valence-corrected chi connectivity index (χ4v) is 0.932. The molecule has 0 fully saturated rings. The predicted octanol–water partition coefficient (Wildman–Crippen LogP) is 2.95. The van der Waals surface area contributed by atoms with Gasteiger partial charge in [-0.1, -0.05) is 25.9 Å². The molecule has 1 heterocycles. The maximum absolute atomic E-state index is 7.67. The molecule has 0 aliphatic rings. The Morgan fingerprint density at radius 1 is 1.42 bits per heavy atom. The number of hydrogen-bond donors (Lipinski definition) is 0. The van der Waals surface area contributed by atoms with Crippen LogP contribution in [0.3, 0.4) is 0 Å². The highest BCUT2D eigenvalue weighted by Crippen LogP contribution is 2.19. The van der Waals surface area contributed by atoms with Crippen molar-refractivity contribution < 1.29 is 9.90 Å². The Morgan fingerprint density at radius 3 is 2.92 bits per heavy atom. The number of rotatable bonds is 1. The van der Waals surface area contributed by atoms with E-state index in [0.717, 1.165) is 0 Å². The zero-order valence-electron chi connectivity index (χ0n) is 10.9. The third kappa shape index (κ3) is 1.09. The number of oxazole rings is 1. The SMILES string of the molecule is [2H]c1c([2H])c([2H])c2oc(C(C)C)nc2c1[2H]. The first kappa shape index (κ1) is 4.08. The van der Waals surface area contributed by atoms with Gasteiger partial charge < -0.3 is 4.42 Å². The van der Waals surface area contributed by atoms with Crippen LogP contribution in [0.15, 0.2) is 28.6 Å². The fraction of sp³-hybridized carbons (Fsp3) is 0.300. The van der Waals surface area contributed by atoms with Crippen LogP contribution in [0.2, 0.25) is 0 Å². The van der Waals surface area contributed by atoms with Crippen molar-refractivity contribution in [3.8, 4) is 0 Å². The van der Waals surface area contributed by atoms with Crippen LogP contribution in [-0.4, -0.2) is 4.98 Å². The van der Waals surface area contributed by atoms with Crippen LogP contribution in [0.5, 0.6) is 0 Å². The molecule has 0 spiro atoms. The number of fused-ring (bicyclic) bond motifs is 1. The second-order valence-corrected chi connectivity index (χ2v) is 2.88. The lowest BCUT2D eigenvalue weighted by Gasteiger charge is -1.93. The maximum Gasteiger partial charge on any atom is 0.198 e. The molecule has 0 aliphatic carbocycles. The van der Waals surface area contributed by atoms with Gasteiger partial charge in [0.05, 0.1) is 5.48 Å². The molecule has 0 radical (unpaired) electrons. The van der Waals surface area contributed by atoms with Crippen molar-refractivity contribution in [2.75, 3.05) is 0 Å². The van der Waals surface area contributed by atoms with Crippen LogP contribution in [0.1, 0.15) is 31.1 Å². The summed E-state index contributed by atoms with van der Waals surface area (Å²) in [5, 5.41) is 0. The summed E-state index contributed by atoms with van der Waals surface area (Å²) < 4.78 is 35.7. The van der Waals surface area contributed by atoms with E-state index >= 15 is 0 Å². The molecule has 1 aromatic carbocycles. The second kappa shape index (κ2) is 2.63.